The zero-order valence-electron chi connectivity index (χ0n) is 14.1. The Morgan fingerprint density at radius 2 is 2.09 bits per heavy atom. The molecule has 0 saturated carbocycles. The Kier molecular flexibility index (Phi) is 5.44. The van der Waals surface area contributed by atoms with E-state index >= 15 is 0 Å². The standard InChI is InChI=1S/C16H25N3O3S/c1-12(2)18(4)23(21,22)15-7-5-6-14(10-15)16(20)19-9-8-17-13(3)11-19/h5-7,10,12-13,17H,8-9,11H2,1-4H3. The van der Waals surface area contributed by atoms with Gasteiger partial charge in [-0.05, 0) is 39.0 Å². The molecule has 1 aliphatic heterocycles. The van der Waals surface area contributed by atoms with Crippen LogP contribution in [-0.2, 0) is 10.0 Å². The van der Waals surface area contributed by atoms with Gasteiger partial charge in [-0.15, -0.1) is 0 Å². The van der Waals surface area contributed by atoms with Crippen molar-refractivity contribution in [3.63, 3.8) is 0 Å². The van der Waals surface area contributed by atoms with E-state index in [4.69, 9.17) is 0 Å². The second kappa shape index (κ2) is 6.98. The third-order valence-electron chi connectivity index (χ3n) is 4.14. The van der Waals surface area contributed by atoms with E-state index in [1.165, 1.54) is 16.4 Å². The van der Waals surface area contributed by atoms with E-state index in [2.05, 4.69) is 5.32 Å². The highest BCUT2D eigenvalue weighted by atomic mass is 32.2. The Morgan fingerprint density at radius 3 is 2.70 bits per heavy atom. The predicted octanol–water partition coefficient (Wildman–Crippen LogP) is 1.15. The van der Waals surface area contributed by atoms with Crippen LogP contribution in [0.25, 0.3) is 0 Å². The Labute approximate surface area is 138 Å². The summed E-state index contributed by atoms with van der Waals surface area (Å²) in [7, 11) is -2.04. The highest BCUT2D eigenvalue weighted by molar-refractivity contribution is 7.89. The van der Waals surface area contributed by atoms with Crippen molar-refractivity contribution in [2.75, 3.05) is 26.7 Å². The van der Waals surface area contributed by atoms with Gasteiger partial charge in [-0.3, -0.25) is 4.79 Å². The molecule has 0 aliphatic carbocycles. The second-order valence-electron chi connectivity index (χ2n) is 6.25. The van der Waals surface area contributed by atoms with Gasteiger partial charge >= 0.3 is 0 Å². The van der Waals surface area contributed by atoms with Crippen molar-refractivity contribution in [3.05, 3.63) is 29.8 Å². The summed E-state index contributed by atoms with van der Waals surface area (Å²) in [5.74, 6) is -0.123. The number of amides is 1. The molecule has 0 bridgehead atoms. The van der Waals surface area contributed by atoms with Gasteiger partial charge in [0, 0.05) is 44.3 Å². The molecule has 1 atom stereocenters. The van der Waals surface area contributed by atoms with E-state index in [0.717, 1.165) is 6.54 Å². The van der Waals surface area contributed by atoms with Crippen molar-refractivity contribution in [2.45, 2.75) is 37.8 Å². The SMILES string of the molecule is CC1CN(C(=O)c2cccc(S(=O)(=O)N(C)C(C)C)c2)CCN1. The minimum Gasteiger partial charge on any atom is -0.336 e. The van der Waals surface area contributed by atoms with Gasteiger partial charge in [0.1, 0.15) is 0 Å². The Hall–Kier alpha value is -1.44. The van der Waals surface area contributed by atoms with Gasteiger partial charge in [-0.25, -0.2) is 8.42 Å². The molecule has 1 heterocycles. The van der Waals surface area contributed by atoms with Crippen LogP contribution in [0, 0.1) is 0 Å². The van der Waals surface area contributed by atoms with Crippen molar-refractivity contribution in [3.8, 4) is 0 Å². The lowest BCUT2D eigenvalue weighted by molar-refractivity contribution is 0.0709. The molecule has 0 radical (unpaired) electrons. The summed E-state index contributed by atoms with van der Waals surface area (Å²) in [5, 5.41) is 3.28. The van der Waals surface area contributed by atoms with Crippen LogP contribution < -0.4 is 5.32 Å². The van der Waals surface area contributed by atoms with Gasteiger partial charge in [0.05, 0.1) is 4.90 Å². The topological polar surface area (TPSA) is 69.7 Å². The van der Waals surface area contributed by atoms with Gasteiger partial charge in [0.2, 0.25) is 10.0 Å². The number of nitrogens with zero attached hydrogens (tertiary/aromatic N) is 2. The first-order valence-electron chi connectivity index (χ1n) is 7.84. The number of piperazine rings is 1. The summed E-state index contributed by atoms with van der Waals surface area (Å²) in [6.07, 6.45) is 0. The number of nitrogens with one attached hydrogen (secondary N) is 1. The quantitative estimate of drug-likeness (QED) is 0.893. The minimum absolute atomic E-state index is 0.123. The maximum Gasteiger partial charge on any atom is 0.253 e. The maximum absolute atomic E-state index is 12.6. The molecule has 1 unspecified atom stereocenters. The van der Waals surface area contributed by atoms with Gasteiger partial charge in [0.25, 0.3) is 5.91 Å². The normalized spacial score (nSPS) is 19.4. The fourth-order valence-corrected chi connectivity index (χ4v) is 3.95. The van der Waals surface area contributed by atoms with Crippen molar-refractivity contribution < 1.29 is 13.2 Å². The molecule has 0 spiro atoms. The molecule has 1 aromatic carbocycles. The lowest BCUT2D eigenvalue weighted by Gasteiger charge is -2.32. The fraction of sp³-hybridized carbons (Fsp3) is 0.562. The Bertz CT molecular complexity index is 673. The van der Waals surface area contributed by atoms with Gasteiger partial charge in [-0.1, -0.05) is 6.07 Å². The molecule has 0 aromatic heterocycles. The van der Waals surface area contributed by atoms with Gasteiger partial charge in [-0.2, -0.15) is 4.31 Å². The summed E-state index contributed by atoms with van der Waals surface area (Å²) >= 11 is 0. The molecule has 7 heteroatoms. The van der Waals surface area contributed by atoms with Crippen LogP contribution in [0.5, 0.6) is 0 Å². The lowest BCUT2D eigenvalue weighted by Crippen LogP contribution is -2.51. The maximum atomic E-state index is 12.6. The van der Waals surface area contributed by atoms with Crippen LogP contribution in [0.1, 0.15) is 31.1 Å². The molecule has 1 aromatic rings. The van der Waals surface area contributed by atoms with E-state index < -0.39 is 10.0 Å². The van der Waals surface area contributed by atoms with Gasteiger partial charge < -0.3 is 10.2 Å². The average Bonchev–Trinajstić information content (AvgIpc) is 2.53. The summed E-state index contributed by atoms with van der Waals surface area (Å²) < 4.78 is 26.4. The van der Waals surface area contributed by atoms with Crippen molar-refractivity contribution in [2.24, 2.45) is 0 Å². The largest absolute Gasteiger partial charge is 0.336 e. The zero-order valence-corrected chi connectivity index (χ0v) is 14.9. The number of carbonyl (C=O) groups is 1. The molecule has 1 aliphatic rings. The van der Waals surface area contributed by atoms with E-state index in [9.17, 15) is 13.2 Å². The van der Waals surface area contributed by atoms with E-state index in [1.807, 2.05) is 20.8 Å². The number of hydrogen-bond acceptors (Lipinski definition) is 4. The highest BCUT2D eigenvalue weighted by Gasteiger charge is 2.26. The van der Waals surface area contributed by atoms with Crippen LogP contribution in [0.3, 0.4) is 0 Å². The van der Waals surface area contributed by atoms with Crippen molar-refractivity contribution in [1.82, 2.24) is 14.5 Å². The Balaban J connectivity index is 2.28. The van der Waals surface area contributed by atoms with Crippen LogP contribution in [0.2, 0.25) is 0 Å². The molecule has 1 amide bonds. The second-order valence-corrected chi connectivity index (χ2v) is 8.25. The van der Waals surface area contributed by atoms with Crippen molar-refractivity contribution in [1.29, 1.82) is 0 Å². The summed E-state index contributed by atoms with van der Waals surface area (Å²) in [5.41, 5.74) is 0.414. The molecule has 1 fully saturated rings. The molecule has 1 N–H and O–H groups in total. The monoisotopic (exact) mass is 339 g/mol. The molecule has 23 heavy (non-hydrogen) atoms. The number of sulfonamides is 1. The molecular formula is C16H25N3O3S. The number of rotatable bonds is 4. The van der Waals surface area contributed by atoms with Gasteiger partial charge in [0.15, 0.2) is 0 Å². The minimum atomic E-state index is -3.59. The lowest BCUT2D eigenvalue weighted by atomic mass is 10.1. The van der Waals surface area contributed by atoms with E-state index in [-0.39, 0.29) is 22.9 Å². The van der Waals surface area contributed by atoms with E-state index in [1.54, 1.807) is 24.1 Å². The molecular weight excluding hydrogens is 314 g/mol. The Morgan fingerprint density at radius 1 is 1.39 bits per heavy atom. The smallest absolute Gasteiger partial charge is 0.253 e. The molecule has 6 nitrogen and oxygen atoms in total. The first-order valence-corrected chi connectivity index (χ1v) is 9.28. The predicted molar refractivity (Wildman–Crippen MR) is 89.9 cm³/mol. The summed E-state index contributed by atoms with van der Waals surface area (Å²) in [6.45, 7) is 7.66. The van der Waals surface area contributed by atoms with Crippen molar-refractivity contribution >= 4 is 15.9 Å². The zero-order chi connectivity index (χ0) is 17.2. The number of benzene rings is 1. The van der Waals surface area contributed by atoms with Crippen LogP contribution >= 0.6 is 0 Å². The third kappa shape index (κ3) is 3.91. The van der Waals surface area contributed by atoms with Crippen LogP contribution in [0.15, 0.2) is 29.2 Å². The van der Waals surface area contributed by atoms with Crippen LogP contribution in [0.4, 0.5) is 0 Å². The number of hydrogen-bond donors (Lipinski definition) is 1. The van der Waals surface area contributed by atoms with Crippen LogP contribution in [-0.4, -0.2) is 62.3 Å². The molecule has 1 saturated heterocycles. The third-order valence-corrected chi connectivity index (χ3v) is 6.17. The van der Waals surface area contributed by atoms with E-state index in [0.29, 0.717) is 18.7 Å². The fourth-order valence-electron chi connectivity index (χ4n) is 2.53. The molecule has 128 valence electrons. The average molecular weight is 339 g/mol. The summed E-state index contributed by atoms with van der Waals surface area (Å²) in [6, 6.07) is 6.40. The first kappa shape index (κ1) is 17.9. The molecule has 2 rings (SSSR count). The first-order chi connectivity index (χ1) is 10.7. The summed E-state index contributed by atoms with van der Waals surface area (Å²) in [4.78, 5) is 14.5. The number of carbonyl (C=O) groups excluding carboxylic acids is 1. The highest BCUT2D eigenvalue weighted by Crippen LogP contribution is 2.19.